The standard InChI is InChI=1S/C19H20N2O7S/c20-19(23)18(13-5-2-1-3-6-13)28-17(22)12-21-29(24,25)14-7-8-15-16(11-14)27-10-4-9-26-15/h1-3,5-8,11,18,21H,4,9-10,12H2,(H2,20,23)/t18-/m1/s1. The van der Waals surface area contributed by atoms with E-state index in [0.29, 0.717) is 36.7 Å². The number of nitrogens with one attached hydrogen (secondary N) is 1. The average Bonchev–Trinajstić information content (AvgIpc) is 2.96. The minimum absolute atomic E-state index is 0.0935. The average molecular weight is 420 g/mol. The van der Waals surface area contributed by atoms with Crippen molar-refractivity contribution in [1.29, 1.82) is 0 Å². The van der Waals surface area contributed by atoms with E-state index < -0.39 is 34.5 Å². The summed E-state index contributed by atoms with van der Waals surface area (Å²) in [4.78, 5) is 23.6. The smallest absolute Gasteiger partial charge is 0.322 e. The van der Waals surface area contributed by atoms with Gasteiger partial charge in [0.05, 0.1) is 18.1 Å². The van der Waals surface area contributed by atoms with Gasteiger partial charge in [0.2, 0.25) is 16.1 Å². The molecule has 3 rings (SSSR count). The fourth-order valence-electron chi connectivity index (χ4n) is 2.64. The lowest BCUT2D eigenvalue weighted by Gasteiger charge is -2.15. The molecule has 1 aliphatic rings. The van der Waals surface area contributed by atoms with E-state index in [0.717, 1.165) is 0 Å². The van der Waals surface area contributed by atoms with Gasteiger partial charge in [0.1, 0.15) is 6.54 Å². The molecule has 154 valence electrons. The fraction of sp³-hybridized carbons (Fsp3) is 0.263. The molecule has 2 aromatic rings. The van der Waals surface area contributed by atoms with Gasteiger partial charge in [-0.15, -0.1) is 0 Å². The fourth-order valence-corrected chi connectivity index (χ4v) is 3.62. The molecule has 9 nitrogen and oxygen atoms in total. The van der Waals surface area contributed by atoms with Gasteiger partial charge < -0.3 is 19.9 Å². The van der Waals surface area contributed by atoms with E-state index in [9.17, 15) is 18.0 Å². The molecular formula is C19H20N2O7S. The van der Waals surface area contributed by atoms with Crippen LogP contribution in [0, 0.1) is 0 Å². The van der Waals surface area contributed by atoms with Crippen molar-refractivity contribution >= 4 is 21.9 Å². The van der Waals surface area contributed by atoms with Crippen molar-refractivity contribution in [1.82, 2.24) is 4.72 Å². The zero-order valence-electron chi connectivity index (χ0n) is 15.4. The number of primary amides is 1. The van der Waals surface area contributed by atoms with Crippen molar-refractivity contribution in [2.24, 2.45) is 5.73 Å². The van der Waals surface area contributed by atoms with Crippen LogP contribution in [0.15, 0.2) is 53.4 Å². The van der Waals surface area contributed by atoms with Crippen LogP contribution in [0.5, 0.6) is 11.5 Å². The van der Waals surface area contributed by atoms with Crippen LogP contribution >= 0.6 is 0 Å². The lowest BCUT2D eigenvalue weighted by atomic mass is 10.1. The number of carbonyl (C=O) groups excluding carboxylic acids is 2. The van der Waals surface area contributed by atoms with E-state index >= 15 is 0 Å². The lowest BCUT2D eigenvalue weighted by molar-refractivity contribution is -0.154. The molecule has 0 aliphatic carbocycles. The number of ether oxygens (including phenoxy) is 3. The Morgan fingerprint density at radius 2 is 1.76 bits per heavy atom. The summed E-state index contributed by atoms with van der Waals surface area (Å²) in [5, 5.41) is 0. The number of rotatable bonds is 7. The van der Waals surface area contributed by atoms with Crippen molar-refractivity contribution in [3.8, 4) is 11.5 Å². The van der Waals surface area contributed by atoms with E-state index in [2.05, 4.69) is 4.72 Å². The zero-order valence-corrected chi connectivity index (χ0v) is 16.2. The molecule has 0 bridgehead atoms. The second-order valence-electron chi connectivity index (χ2n) is 6.17. The number of fused-ring (bicyclic) bond motifs is 1. The molecule has 1 heterocycles. The highest BCUT2D eigenvalue weighted by Crippen LogP contribution is 2.31. The third-order valence-electron chi connectivity index (χ3n) is 4.05. The quantitative estimate of drug-likeness (QED) is 0.636. The second kappa shape index (κ2) is 8.93. The molecule has 1 atom stereocenters. The molecule has 0 fully saturated rings. The molecule has 1 amide bonds. The van der Waals surface area contributed by atoms with Gasteiger partial charge in [-0.25, -0.2) is 8.42 Å². The number of amides is 1. The maximum absolute atomic E-state index is 12.5. The van der Waals surface area contributed by atoms with Crippen molar-refractivity contribution in [2.75, 3.05) is 19.8 Å². The van der Waals surface area contributed by atoms with Crippen LogP contribution in [-0.4, -0.2) is 40.1 Å². The summed E-state index contributed by atoms with van der Waals surface area (Å²) in [6.07, 6.45) is -0.630. The first-order chi connectivity index (χ1) is 13.9. The summed E-state index contributed by atoms with van der Waals surface area (Å²) >= 11 is 0. The topological polar surface area (TPSA) is 134 Å². The Hall–Kier alpha value is -3.11. The van der Waals surface area contributed by atoms with Gasteiger partial charge in [0, 0.05) is 18.1 Å². The van der Waals surface area contributed by atoms with E-state index in [4.69, 9.17) is 19.9 Å². The molecule has 0 radical (unpaired) electrons. The number of hydrogen-bond acceptors (Lipinski definition) is 7. The molecule has 0 saturated heterocycles. The van der Waals surface area contributed by atoms with Gasteiger partial charge >= 0.3 is 5.97 Å². The Morgan fingerprint density at radius 1 is 1.07 bits per heavy atom. The molecule has 0 unspecified atom stereocenters. The minimum Gasteiger partial charge on any atom is -0.490 e. The van der Waals surface area contributed by atoms with Gasteiger partial charge in [-0.2, -0.15) is 4.72 Å². The first-order valence-corrected chi connectivity index (χ1v) is 10.3. The van der Waals surface area contributed by atoms with Crippen molar-refractivity contribution in [2.45, 2.75) is 17.4 Å². The second-order valence-corrected chi connectivity index (χ2v) is 7.93. The highest BCUT2D eigenvalue weighted by Gasteiger charge is 2.24. The molecular weight excluding hydrogens is 400 g/mol. The van der Waals surface area contributed by atoms with Crippen LogP contribution in [0.25, 0.3) is 0 Å². The first-order valence-electron chi connectivity index (χ1n) is 8.80. The third kappa shape index (κ3) is 5.24. The Kier molecular flexibility index (Phi) is 6.35. The summed E-state index contributed by atoms with van der Waals surface area (Å²) in [7, 11) is -4.02. The Bertz CT molecular complexity index is 993. The monoisotopic (exact) mass is 420 g/mol. The number of nitrogens with two attached hydrogens (primary N) is 1. The molecule has 3 N–H and O–H groups in total. The molecule has 1 aliphatic heterocycles. The van der Waals surface area contributed by atoms with E-state index in [-0.39, 0.29) is 4.90 Å². The molecule has 0 saturated carbocycles. The SMILES string of the molecule is NC(=O)[C@H](OC(=O)CNS(=O)(=O)c1ccc2c(c1)OCCCO2)c1ccccc1. The number of hydrogen-bond donors (Lipinski definition) is 2. The van der Waals surface area contributed by atoms with Gasteiger partial charge in [-0.1, -0.05) is 30.3 Å². The van der Waals surface area contributed by atoms with Crippen molar-refractivity contribution < 1.29 is 32.2 Å². The molecule has 2 aromatic carbocycles. The van der Waals surface area contributed by atoms with Crippen LogP contribution in [0.2, 0.25) is 0 Å². The molecule has 10 heteroatoms. The largest absolute Gasteiger partial charge is 0.490 e. The van der Waals surface area contributed by atoms with Gasteiger partial charge in [-0.3, -0.25) is 9.59 Å². The van der Waals surface area contributed by atoms with Crippen LogP contribution in [0.3, 0.4) is 0 Å². The lowest BCUT2D eigenvalue weighted by Crippen LogP contribution is -2.34. The summed E-state index contributed by atoms with van der Waals surface area (Å²) in [5.74, 6) is -1.05. The van der Waals surface area contributed by atoms with E-state index in [1.165, 1.54) is 18.2 Å². The maximum Gasteiger partial charge on any atom is 0.322 e. The van der Waals surface area contributed by atoms with Crippen molar-refractivity contribution in [3.63, 3.8) is 0 Å². The summed E-state index contributed by atoms with van der Waals surface area (Å²) in [6, 6.07) is 12.4. The minimum atomic E-state index is -4.02. The highest BCUT2D eigenvalue weighted by molar-refractivity contribution is 7.89. The molecule has 0 spiro atoms. The number of sulfonamides is 1. The summed E-state index contributed by atoms with van der Waals surface area (Å²) in [5.41, 5.74) is 5.68. The van der Waals surface area contributed by atoms with Crippen LogP contribution < -0.4 is 19.9 Å². The van der Waals surface area contributed by atoms with Gasteiger partial charge in [0.15, 0.2) is 11.5 Å². The van der Waals surface area contributed by atoms with Gasteiger partial charge in [0.25, 0.3) is 5.91 Å². The van der Waals surface area contributed by atoms with Crippen molar-refractivity contribution in [3.05, 3.63) is 54.1 Å². The first kappa shape index (κ1) is 20.6. The van der Waals surface area contributed by atoms with Crippen LogP contribution in [0.4, 0.5) is 0 Å². The molecule has 29 heavy (non-hydrogen) atoms. The summed E-state index contributed by atoms with van der Waals surface area (Å²) in [6.45, 7) is 0.212. The predicted octanol–water partition coefficient (Wildman–Crippen LogP) is 0.896. The zero-order chi connectivity index (χ0) is 20.9. The highest BCUT2D eigenvalue weighted by atomic mass is 32.2. The van der Waals surface area contributed by atoms with E-state index in [1.807, 2.05) is 0 Å². The number of benzene rings is 2. The Labute approximate surface area is 167 Å². The maximum atomic E-state index is 12.5. The van der Waals surface area contributed by atoms with Crippen LogP contribution in [-0.2, 0) is 24.3 Å². The Balaban J connectivity index is 1.66. The third-order valence-corrected chi connectivity index (χ3v) is 5.44. The number of carbonyl (C=O) groups is 2. The normalized spacial score (nSPS) is 14.5. The van der Waals surface area contributed by atoms with Gasteiger partial charge in [-0.05, 0) is 12.1 Å². The Morgan fingerprint density at radius 3 is 2.45 bits per heavy atom. The molecule has 0 aromatic heterocycles. The van der Waals surface area contributed by atoms with E-state index in [1.54, 1.807) is 30.3 Å². The predicted molar refractivity (Wildman–Crippen MR) is 102 cm³/mol. The number of esters is 1. The summed E-state index contributed by atoms with van der Waals surface area (Å²) < 4.78 is 43.1. The van der Waals surface area contributed by atoms with Crippen LogP contribution in [0.1, 0.15) is 18.1 Å².